The number of ether oxygens (including phenoxy) is 1. The monoisotopic (exact) mass is 272 g/mol. The van der Waals surface area contributed by atoms with Crippen LogP contribution in [0, 0.1) is 17.0 Å². The largest absolute Gasteiger partial charge is 0.457 e. The first-order chi connectivity index (χ1) is 9.45. The minimum atomic E-state index is -0.747. The molecule has 6 nitrogen and oxygen atoms in total. The van der Waals surface area contributed by atoms with E-state index in [2.05, 4.69) is 0 Å². The van der Waals surface area contributed by atoms with Crippen LogP contribution in [0.1, 0.15) is 15.9 Å². The number of amides is 1. The van der Waals surface area contributed by atoms with Crippen LogP contribution in [0.2, 0.25) is 0 Å². The van der Waals surface area contributed by atoms with Gasteiger partial charge in [-0.15, -0.1) is 0 Å². The molecule has 0 fully saturated rings. The molecule has 0 radical (unpaired) electrons. The summed E-state index contributed by atoms with van der Waals surface area (Å²) in [5, 5.41) is 10.8. The summed E-state index contributed by atoms with van der Waals surface area (Å²) in [5.74, 6) is -0.0256. The van der Waals surface area contributed by atoms with Gasteiger partial charge in [0.25, 0.3) is 5.69 Å². The molecule has 0 saturated carbocycles. The number of aryl methyl sites for hydroxylation is 1. The highest BCUT2D eigenvalue weighted by Crippen LogP contribution is 2.27. The van der Waals surface area contributed by atoms with Gasteiger partial charge in [-0.05, 0) is 30.7 Å². The van der Waals surface area contributed by atoms with E-state index in [4.69, 9.17) is 10.5 Å². The number of nitrogens with zero attached hydrogens (tertiary/aromatic N) is 1. The highest BCUT2D eigenvalue weighted by Gasteiger charge is 2.14. The van der Waals surface area contributed by atoms with E-state index in [0.717, 1.165) is 11.6 Å². The Kier molecular flexibility index (Phi) is 3.65. The fourth-order valence-electron chi connectivity index (χ4n) is 1.70. The molecule has 0 unspecified atom stereocenters. The number of nitro groups is 1. The van der Waals surface area contributed by atoms with Crippen LogP contribution in [0.3, 0.4) is 0 Å². The highest BCUT2D eigenvalue weighted by atomic mass is 16.6. The molecule has 0 aromatic heterocycles. The molecule has 0 aliphatic carbocycles. The number of carbonyl (C=O) groups excluding carboxylic acids is 1. The van der Waals surface area contributed by atoms with Crippen molar-refractivity contribution < 1.29 is 14.5 Å². The molecule has 0 aliphatic rings. The van der Waals surface area contributed by atoms with Gasteiger partial charge in [0.15, 0.2) is 0 Å². The van der Waals surface area contributed by atoms with Crippen LogP contribution in [-0.2, 0) is 0 Å². The number of non-ortho nitro benzene ring substituents is 1. The van der Waals surface area contributed by atoms with Gasteiger partial charge in [-0.1, -0.05) is 12.1 Å². The predicted molar refractivity (Wildman–Crippen MR) is 72.9 cm³/mol. The lowest BCUT2D eigenvalue weighted by atomic mass is 10.2. The molecule has 2 N–H and O–H groups in total. The number of hydrogen-bond donors (Lipinski definition) is 1. The van der Waals surface area contributed by atoms with Crippen molar-refractivity contribution in [2.24, 2.45) is 5.73 Å². The Hall–Kier alpha value is -2.89. The van der Waals surface area contributed by atoms with E-state index < -0.39 is 10.8 Å². The zero-order chi connectivity index (χ0) is 14.7. The van der Waals surface area contributed by atoms with Crippen LogP contribution in [0.4, 0.5) is 5.69 Å². The van der Waals surface area contributed by atoms with Crippen molar-refractivity contribution in [2.75, 3.05) is 0 Å². The normalized spacial score (nSPS) is 10.1. The van der Waals surface area contributed by atoms with Crippen molar-refractivity contribution in [3.05, 3.63) is 63.7 Å². The Morgan fingerprint density at radius 1 is 1.20 bits per heavy atom. The minimum Gasteiger partial charge on any atom is -0.457 e. The number of primary amides is 1. The first kappa shape index (κ1) is 13.5. The summed E-state index contributed by atoms with van der Waals surface area (Å²) in [6, 6.07) is 10.9. The summed E-state index contributed by atoms with van der Waals surface area (Å²) in [4.78, 5) is 21.4. The Labute approximate surface area is 114 Å². The summed E-state index contributed by atoms with van der Waals surface area (Å²) in [6.45, 7) is 1.90. The standard InChI is InChI=1S/C14H12N2O4/c1-9-3-2-4-12(5-9)20-13-7-10(14(15)17)6-11(8-13)16(18)19/h2-8H,1H3,(H2,15,17). The predicted octanol–water partition coefficient (Wildman–Crippen LogP) is 2.79. The van der Waals surface area contributed by atoms with Gasteiger partial charge in [-0.25, -0.2) is 0 Å². The first-order valence-corrected chi connectivity index (χ1v) is 5.79. The van der Waals surface area contributed by atoms with Crippen molar-refractivity contribution in [1.82, 2.24) is 0 Å². The van der Waals surface area contributed by atoms with Gasteiger partial charge in [-0.3, -0.25) is 14.9 Å². The quantitative estimate of drug-likeness (QED) is 0.683. The van der Waals surface area contributed by atoms with E-state index in [0.29, 0.717) is 5.75 Å². The molecule has 2 aromatic rings. The SMILES string of the molecule is Cc1cccc(Oc2cc(C(N)=O)cc([N+](=O)[O-])c2)c1. The molecule has 0 heterocycles. The summed E-state index contributed by atoms with van der Waals surface area (Å²) < 4.78 is 5.53. The van der Waals surface area contributed by atoms with Gasteiger partial charge in [-0.2, -0.15) is 0 Å². The lowest BCUT2D eigenvalue weighted by Gasteiger charge is -2.07. The van der Waals surface area contributed by atoms with Gasteiger partial charge in [0.2, 0.25) is 5.91 Å². The number of benzene rings is 2. The molecule has 1 amide bonds. The maximum absolute atomic E-state index is 11.2. The van der Waals surface area contributed by atoms with E-state index in [1.165, 1.54) is 12.1 Å². The molecule has 0 saturated heterocycles. The van der Waals surface area contributed by atoms with Crippen LogP contribution in [0.5, 0.6) is 11.5 Å². The van der Waals surface area contributed by atoms with E-state index in [-0.39, 0.29) is 17.0 Å². The molecule has 0 atom stereocenters. The fourth-order valence-corrected chi connectivity index (χ4v) is 1.70. The Morgan fingerprint density at radius 2 is 1.95 bits per heavy atom. The van der Waals surface area contributed by atoms with Gasteiger partial charge in [0, 0.05) is 11.6 Å². The van der Waals surface area contributed by atoms with Crippen LogP contribution >= 0.6 is 0 Å². The molecule has 20 heavy (non-hydrogen) atoms. The van der Waals surface area contributed by atoms with Crippen LogP contribution < -0.4 is 10.5 Å². The summed E-state index contributed by atoms with van der Waals surface area (Å²) in [7, 11) is 0. The zero-order valence-electron chi connectivity index (χ0n) is 10.7. The molecule has 0 spiro atoms. The molecular weight excluding hydrogens is 260 g/mol. The molecule has 0 aliphatic heterocycles. The van der Waals surface area contributed by atoms with Crippen molar-refractivity contribution in [3.8, 4) is 11.5 Å². The van der Waals surface area contributed by atoms with E-state index in [1.807, 2.05) is 13.0 Å². The smallest absolute Gasteiger partial charge is 0.273 e. The molecule has 102 valence electrons. The lowest BCUT2D eigenvalue weighted by Crippen LogP contribution is -2.11. The van der Waals surface area contributed by atoms with Crippen LogP contribution in [0.25, 0.3) is 0 Å². The van der Waals surface area contributed by atoms with Gasteiger partial charge in [0.05, 0.1) is 11.0 Å². The molecule has 0 bridgehead atoms. The number of rotatable bonds is 4. The average Bonchev–Trinajstić information content (AvgIpc) is 2.38. The second-order valence-electron chi connectivity index (χ2n) is 4.26. The number of carbonyl (C=O) groups is 1. The van der Waals surface area contributed by atoms with Crippen molar-refractivity contribution in [3.63, 3.8) is 0 Å². The molecule has 6 heteroatoms. The zero-order valence-corrected chi connectivity index (χ0v) is 10.7. The summed E-state index contributed by atoms with van der Waals surface area (Å²) in [5.41, 5.74) is 5.92. The van der Waals surface area contributed by atoms with E-state index in [1.54, 1.807) is 18.2 Å². The number of nitro benzene ring substituents is 1. The number of hydrogen-bond acceptors (Lipinski definition) is 4. The van der Waals surface area contributed by atoms with Gasteiger partial charge < -0.3 is 10.5 Å². The Balaban J connectivity index is 2.40. The summed E-state index contributed by atoms with van der Waals surface area (Å²) in [6.07, 6.45) is 0. The number of nitrogens with two attached hydrogens (primary N) is 1. The topological polar surface area (TPSA) is 95.5 Å². The van der Waals surface area contributed by atoms with Crippen molar-refractivity contribution in [1.29, 1.82) is 0 Å². The minimum absolute atomic E-state index is 0.0295. The van der Waals surface area contributed by atoms with Crippen molar-refractivity contribution >= 4 is 11.6 Å². The van der Waals surface area contributed by atoms with E-state index >= 15 is 0 Å². The maximum Gasteiger partial charge on any atom is 0.273 e. The third-order valence-corrected chi connectivity index (χ3v) is 2.61. The second kappa shape index (κ2) is 5.40. The maximum atomic E-state index is 11.2. The highest BCUT2D eigenvalue weighted by molar-refractivity contribution is 5.94. The van der Waals surface area contributed by atoms with Crippen LogP contribution in [0.15, 0.2) is 42.5 Å². The molecular formula is C14H12N2O4. The van der Waals surface area contributed by atoms with Crippen LogP contribution in [-0.4, -0.2) is 10.8 Å². The Bertz CT molecular complexity index is 650. The molecule has 2 aromatic carbocycles. The lowest BCUT2D eigenvalue weighted by molar-refractivity contribution is -0.384. The first-order valence-electron chi connectivity index (χ1n) is 5.79. The second-order valence-corrected chi connectivity index (χ2v) is 4.26. The van der Waals surface area contributed by atoms with Gasteiger partial charge >= 0.3 is 0 Å². The fraction of sp³-hybridized carbons (Fsp3) is 0.0714. The average molecular weight is 272 g/mol. The van der Waals surface area contributed by atoms with Crippen molar-refractivity contribution in [2.45, 2.75) is 6.92 Å². The molecule has 2 rings (SSSR count). The summed E-state index contributed by atoms with van der Waals surface area (Å²) >= 11 is 0. The van der Waals surface area contributed by atoms with E-state index in [9.17, 15) is 14.9 Å². The third-order valence-electron chi connectivity index (χ3n) is 2.61. The van der Waals surface area contributed by atoms with Gasteiger partial charge in [0.1, 0.15) is 11.5 Å². The Morgan fingerprint density at radius 3 is 2.55 bits per heavy atom. The third kappa shape index (κ3) is 3.11.